The summed E-state index contributed by atoms with van der Waals surface area (Å²) >= 11 is 0. The number of rotatable bonds is 5. The van der Waals surface area contributed by atoms with Crippen LogP contribution in [-0.2, 0) is 11.2 Å². The highest BCUT2D eigenvalue weighted by molar-refractivity contribution is 5.87. The Labute approximate surface area is 166 Å². The van der Waals surface area contributed by atoms with E-state index in [1.54, 1.807) is 0 Å². The molecule has 0 aromatic heterocycles. The lowest BCUT2D eigenvalue weighted by molar-refractivity contribution is -0.133. The zero-order valence-electron chi connectivity index (χ0n) is 16.5. The standard InChI is InChI=1S/C22H28N4O2/c1-16-7-6-10-20(17(16)2)25-11-13-26(14-12-25)21(27)19(24-22(23)28)15-18-8-4-3-5-9-18/h3-10,19H,11-15H2,1-2H3,(H3,23,24,28)/t19-/m1/s1. The van der Waals surface area contributed by atoms with Gasteiger partial charge in [-0.1, -0.05) is 42.5 Å². The van der Waals surface area contributed by atoms with Crippen molar-refractivity contribution in [2.75, 3.05) is 31.1 Å². The monoisotopic (exact) mass is 380 g/mol. The number of carbonyl (C=O) groups excluding carboxylic acids is 2. The molecule has 6 heteroatoms. The lowest BCUT2D eigenvalue weighted by Crippen LogP contribution is -2.56. The fourth-order valence-corrected chi connectivity index (χ4v) is 3.69. The number of carbonyl (C=O) groups is 2. The van der Waals surface area contributed by atoms with E-state index < -0.39 is 12.1 Å². The first kappa shape index (κ1) is 19.7. The van der Waals surface area contributed by atoms with Gasteiger partial charge in [-0.25, -0.2) is 4.79 Å². The van der Waals surface area contributed by atoms with Crippen LogP contribution in [0.15, 0.2) is 48.5 Å². The van der Waals surface area contributed by atoms with Gasteiger partial charge in [-0.2, -0.15) is 0 Å². The van der Waals surface area contributed by atoms with Crippen LogP contribution in [0.4, 0.5) is 10.5 Å². The second-order valence-corrected chi connectivity index (χ2v) is 7.28. The van der Waals surface area contributed by atoms with E-state index in [0.29, 0.717) is 19.5 Å². The topological polar surface area (TPSA) is 78.7 Å². The molecule has 3 N–H and O–H groups in total. The Kier molecular flexibility index (Phi) is 6.19. The molecule has 2 aromatic rings. The highest BCUT2D eigenvalue weighted by Gasteiger charge is 2.29. The van der Waals surface area contributed by atoms with Crippen LogP contribution in [-0.4, -0.2) is 49.1 Å². The molecule has 0 unspecified atom stereocenters. The Hall–Kier alpha value is -3.02. The number of amides is 3. The van der Waals surface area contributed by atoms with Crippen molar-refractivity contribution in [2.24, 2.45) is 5.73 Å². The Morgan fingerprint density at radius 2 is 1.68 bits per heavy atom. The molecule has 1 saturated heterocycles. The summed E-state index contributed by atoms with van der Waals surface area (Å²) in [7, 11) is 0. The van der Waals surface area contributed by atoms with E-state index in [4.69, 9.17) is 5.73 Å². The lowest BCUT2D eigenvalue weighted by atomic mass is 10.0. The number of hydrogen-bond acceptors (Lipinski definition) is 3. The maximum Gasteiger partial charge on any atom is 0.312 e. The summed E-state index contributed by atoms with van der Waals surface area (Å²) in [6, 6.07) is 14.7. The Morgan fingerprint density at radius 1 is 1.00 bits per heavy atom. The van der Waals surface area contributed by atoms with Crippen LogP contribution in [0.3, 0.4) is 0 Å². The van der Waals surface area contributed by atoms with E-state index in [0.717, 1.165) is 18.7 Å². The molecule has 0 radical (unpaired) electrons. The van der Waals surface area contributed by atoms with Crippen LogP contribution < -0.4 is 16.0 Å². The molecule has 2 aromatic carbocycles. The molecule has 1 atom stereocenters. The van der Waals surface area contributed by atoms with E-state index in [2.05, 4.69) is 42.3 Å². The number of anilines is 1. The average molecular weight is 380 g/mol. The highest BCUT2D eigenvalue weighted by atomic mass is 16.2. The van der Waals surface area contributed by atoms with Gasteiger partial charge in [0.25, 0.3) is 0 Å². The fourth-order valence-electron chi connectivity index (χ4n) is 3.69. The van der Waals surface area contributed by atoms with Gasteiger partial charge in [0.05, 0.1) is 0 Å². The van der Waals surface area contributed by atoms with E-state index in [-0.39, 0.29) is 5.91 Å². The molecule has 1 fully saturated rings. The molecular weight excluding hydrogens is 352 g/mol. The molecule has 1 aliphatic rings. The first-order chi connectivity index (χ1) is 13.5. The third-order valence-electron chi connectivity index (χ3n) is 5.41. The minimum absolute atomic E-state index is 0.0803. The summed E-state index contributed by atoms with van der Waals surface area (Å²) in [6.45, 7) is 7.03. The molecule has 3 amide bonds. The molecule has 0 spiro atoms. The number of primary amides is 1. The predicted molar refractivity (Wildman–Crippen MR) is 111 cm³/mol. The van der Waals surface area contributed by atoms with Gasteiger partial charge >= 0.3 is 6.03 Å². The Balaban J connectivity index is 1.66. The van der Waals surface area contributed by atoms with E-state index in [9.17, 15) is 9.59 Å². The summed E-state index contributed by atoms with van der Waals surface area (Å²) < 4.78 is 0. The lowest BCUT2D eigenvalue weighted by Gasteiger charge is -2.38. The van der Waals surface area contributed by atoms with Gasteiger partial charge in [-0.15, -0.1) is 0 Å². The summed E-state index contributed by atoms with van der Waals surface area (Å²) in [5.41, 5.74) is 10.1. The summed E-state index contributed by atoms with van der Waals surface area (Å²) in [4.78, 5) is 28.6. The largest absolute Gasteiger partial charge is 0.368 e. The Morgan fingerprint density at radius 3 is 2.32 bits per heavy atom. The van der Waals surface area contributed by atoms with Crippen molar-refractivity contribution in [3.8, 4) is 0 Å². The molecular formula is C22H28N4O2. The maximum absolute atomic E-state index is 13.0. The summed E-state index contributed by atoms with van der Waals surface area (Å²) in [6.07, 6.45) is 0.430. The number of nitrogens with zero attached hydrogens (tertiary/aromatic N) is 2. The van der Waals surface area contributed by atoms with Gasteiger partial charge in [-0.05, 0) is 36.6 Å². The highest BCUT2D eigenvalue weighted by Crippen LogP contribution is 2.24. The van der Waals surface area contributed by atoms with Crippen LogP contribution in [0, 0.1) is 13.8 Å². The normalized spacial score (nSPS) is 15.2. The second kappa shape index (κ2) is 8.78. The number of piperazine rings is 1. The minimum atomic E-state index is -0.677. The van der Waals surface area contributed by atoms with Crippen molar-refractivity contribution in [1.29, 1.82) is 0 Å². The predicted octanol–water partition coefficient (Wildman–Crippen LogP) is 2.23. The average Bonchev–Trinajstić information content (AvgIpc) is 2.70. The quantitative estimate of drug-likeness (QED) is 0.835. The smallest absolute Gasteiger partial charge is 0.312 e. The third kappa shape index (κ3) is 4.63. The van der Waals surface area contributed by atoms with Crippen LogP contribution in [0.25, 0.3) is 0 Å². The summed E-state index contributed by atoms with van der Waals surface area (Å²) in [5, 5.41) is 2.62. The number of hydrogen-bond donors (Lipinski definition) is 2. The molecule has 0 bridgehead atoms. The van der Waals surface area contributed by atoms with Gasteiger partial charge in [0.2, 0.25) is 5.91 Å². The zero-order valence-corrected chi connectivity index (χ0v) is 16.5. The minimum Gasteiger partial charge on any atom is -0.368 e. The van der Waals surface area contributed by atoms with Gasteiger partial charge in [0.15, 0.2) is 0 Å². The fraction of sp³-hybridized carbons (Fsp3) is 0.364. The maximum atomic E-state index is 13.0. The number of nitrogens with two attached hydrogens (primary N) is 1. The molecule has 3 rings (SSSR count). The van der Waals surface area contributed by atoms with E-state index in [1.807, 2.05) is 35.2 Å². The molecule has 1 heterocycles. The van der Waals surface area contributed by atoms with Crippen molar-refractivity contribution in [1.82, 2.24) is 10.2 Å². The van der Waals surface area contributed by atoms with Crippen molar-refractivity contribution < 1.29 is 9.59 Å². The van der Waals surface area contributed by atoms with Crippen LogP contribution >= 0.6 is 0 Å². The molecule has 6 nitrogen and oxygen atoms in total. The van der Waals surface area contributed by atoms with Crippen LogP contribution in [0.5, 0.6) is 0 Å². The van der Waals surface area contributed by atoms with Gasteiger partial charge < -0.3 is 20.9 Å². The van der Waals surface area contributed by atoms with Gasteiger partial charge in [0, 0.05) is 38.3 Å². The SMILES string of the molecule is Cc1cccc(N2CCN(C(=O)[C@@H](Cc3ccccc3)NC(N)=O)CC2)c1C. The first-order valence-electron chi connectivity index (χ1n) is 9.65. The van der Waals surface area contributed by atoms with Gasteiger partial charge in [-0.3, -0.25) is 4.79 Å². The van der Waals surface area contributed by atoms with Gasteiger partial charge in [0.1, 0.15) is 6.04 Å². The molecule has 28 heavy (non-hydrogen) atoms. The van der Waals surface area contributed by atoms with Crippen molar-refractivity contribution in [2.45, 2.75) is 26.3 Å². The van der Waals surface area contributed by atoms with Crippen molar-refractivity contribution in [3.63, 3.8) is 0 Å². The van der Waals surface area contributed by atoms with E-state index >= 15 is 0 Å². The number of urea groups is 1. The van der Waals surface area contributed by atoms with Crippen LogP contribution in [0.1, 0.15) is 16.7 Å². The second-order valence-electron chi connectivity index (χ2n) is 7.28. The molecule has 0 saturated carbocycles. The number of aryl methyl sites for hydroxylation is 1. The summed E-state index contributed by atoms with van der Waals surface area (Å²) in [5.74, 6) is -0.0803. The first-order valence-corrected chi connectivity index (χ1v) is 9.65. The molecule has 148 valence electrons. The molecule has 0 aliphatic carbocycles. The number of benzene rings is 2. The third-order valence-corrected chi connectivity index (χ3v) is 5.41. The zero-order chi connectivity index (χ0) is 20.1. The Bertz CT molecular complexity index is 830. The van der Waals surface area contributed by atoms with E-state index in [1.165, 1.54) is 16.8 Å². The van der Waals surface area contributed by atoms with Crippen molar-refractivity contribution >= 4 is 17.6 Å². The van der Waals surface area contributed by atoms with Crippen LogP contribution in [0.2, 0.25) is 0 Å². The molecule has 1 aliphatic heterocycles. The number of nitrogens with one attached hydrogen (secondary N) is 1. The van der Waals surface area contributed by atoms with Crippen molar-refractivity contribution in [3.05, 3.63) is 65.2 Å².